The van der Waals surface area contributed by atoms with Crippen LogP contribution in [-0.4, -0.2) is 22.4 Å². The van der Waals surface area contributed by atoms with Crippen LogP contribution in [0.2, 0.25) is 0 Å². The number of hydrogen-bond donors (Lipinski definition) is 2. The Morgan fingerprint density at radius 2 is 1.38 bits per heavy atom. The lowest BCUT2D eigenvalue weighted by Crippen LogP contribution is -2.01. The summed E-state index contributed by atoms with van der Waals surface area (Å²) >= 11 is 0. The van der Waals surface area contributed by atoms with Gasteiger partial charge in [0, 0.05) is 0 Å². The second-order valence-electron chi connectivity index (χ2n) is 3.21. The molecule has 2 nitrogen and oxygen atoms in total. The van der Waals surface area contributed by atoms with Crippen molar-refractivity contribution in [3.8, 4) is 0 Å². The highest BCUT2D eigenvalue weighted by Crippen LogP contribution is 1.98. The summed E-state index contributed by atoms with van der Waals surface area (Å²) in [4.78, 5) is 0. The Morgan fingerprint density at radius 1 is 1.00 bits per heavy atom. The lowest BCUT2D eigenvalue weighted by atomic mass is 10.2. The molecule has 2 heteroatoms. The summed E-state index contributed by atoms with van der Waals surface area (Å²) < 4.78 is 0. The van der Waals surface area contributed by atoms with E-state index in [1.54, 1.807) is 12.2 Å². The maximum atomic E-state index is 9.27. The first-order valence-corrected chi connectivity index (χ1v) is 4.99. The Bertz CT molecular complexity index is 153. The summed E-state index contributed by atoms with van der Waals surface area (Å²) in [7, 11) is 0. The first kappa shape index (κ1) is 12.4. The van der Waals surface area contributed by atoms with Gasteiger partial charge in [0.1, 0.15) is 0 Å². The Morgan fingerprint density at radius 3 is 1.69 bits per heavy atom. The van der Waals surface area contributed by atoms with E-state index in [-0.39, 0.29) is 0 Å². The molecule has 0 fully saturated rings. The zero-order chi connectivity index (χ0) is 10.1. The van der Waals surface area contributed by atoms with Crippen molar-refractivity contribution < 1.29 is 10.2 Å². The number of hydrogen-bond acceptors (Lipinski definition) is 2. The van der Waals surface area contributed by atoms with Crippen LogP contribution in [0.25, 0.3) is 0 Å². The third kappa shape index (κ3) is 7.79. The van der Waals surface area contributed by atoms with E-state index in [0.717, 1.165) is 25.7 Å². The van der Waals surface area contributed by atoms with E-state index in [1.165, 1.54) is 0 Å². The zero-order valence-corrected chi connectivity index (χ0v) is 8.53. The summed E-state index contributed by atoms with van der Waals surface area (Å²) in [5.41, 5.74) is 2.80. The molecule has 0 aromatic rings. The molecule has 0 spiro atoms. The van der Waals surface area contributed by atoms with Gasteiger partial charge in [0.25, 0.3) is 0 Å². The molecule has 0 saturated carbocycles. The molecule has 0 aliphatic carbocycles. The van der Waals surface area contributed by atoms with Gasteiger partial charge in [0.2, 0.25) is 0 Å². The van der Waals surface area contributed by atoms with Crippen molar-refractivity contribution in [3.05, 3.63) is 17.9 Å². The van der Waals surface area contributed by atoms with Gasteiger partial charge in [-0.05, 0) is 25.0 Å². The van der Waals surface area contributed by atoms with Crippen molar-refractivity contribution in [1.82, 2.24) is 0 Å². The standard InChI is InChI=1S/C11H20O2/c1-3-6-10(12)8-5-9-11(13)7-4-2/h8-13H,3-4,6-7H2,1-2H3/t5?,10-,11-/m0/s1. The van der Waals surface area contributed by atoms with E-state index in [4.69, 9.17) is 0 Å². The van der Waals surface area contributed by atoms with Crippen molar-refractivity contribution in [2.75, 3.05) is 0 Å². The summed E-state index contributed by atoms with van der Waals surface area (Å²) in [6.45, 7) is 4.04. The molecule has 0 aliphatic rings. The maximum Gasteiger partial charge on any atom is 0.0794 e. The third-order valence-electron chi connectivity index (χ3n) is 1.75. The van der Waals surface area contributed by atoms with Gasteiger partial charge in [0.15, 0.2) is 0 Å². The van der Waals surface area contributed by atoms with E-state index in [9.17, 15) is 10.2 Å². The summed E-state index contributed by atoms with van der Waals surface area (Å²) in [6.07, 6.45) is 5.78. The van der Waals surface area contributed by atoms with Gasteiger partial charge in [-0.1, -0.05) is 26.7 Å². The summed E-state index contributed by atoms with van der Waals surface area (Å²) in [6, 6.07) is 0. The molecular formula is C11H20O2. The molecule has 0 saturated heterocycles. The number of rotatable bonds is 6. The Labute approximate surface area is 80.6 Å². The topological polar surface area (TPSA) is 40.5 Å². The van der Waals surface area contributed by atoms with Crippen LogP contribution in [0.1, 0.15) is 39.5 Å². The summed E-state index contributed by atoms with van der Waals surface area (Å²) in [5.74, 6) is 0. The van der Waals surface area contributed by atoms with Gasteiger partial charge in [-0.25, -0.2) is 0 Å². The van der Waals surface area contributed by atoms with E-state index in [1.807, 2.05) is 13.8 Å². The van der Waals surface area contributed by atoms with Gasteiger partial charge < -0.3 is 10.2 Å². The monoisotopic (exact) mass is 184 g/mol. The first-order chi connectivity index (χ1) is 6.20. The fourth-order valence-corrected chi connectivity index (χ4v) is 1.04. The largest absolute Gasteiger partial charge is 0.388 e. The molecule has 76 valence electrons. The lowest BCUT2D eigenvalue weighted by Gasteiger charge is -2.00. The molecular weight excluding hydrogens is 164 g/mol. The molecule has 0 radical (unpaired) electrons. The van der Waals surface area contributed by atoms with Crippen LogP contribution in [0.5, 0.6) is 0 Å². The van der Waals surface area contributed by atoms with Crippen molar-refractivity contribution in [1.29, 1.82) is 0 Å². The third-order valence-corrected chi connectivity index (χ3v) is 1.75. The van der Waals surface area contributed by atoms with Gasteiger partial charge in [-0.3, -0.25) is 0 Å². The molecule has 0 amide bonds. The average Bonchev–Trinajstić information content (AvgIpc) is 2.05. The quantitative estimate of drug-likeness (QED) is 0.620. The van der Waals surface area contributed by atoms with Crippen LogP contribution in [-0.2, 0) is 0 Å². The summed E-state index contributed by atoms with van der Waals surface area (Å²) in [5, 5.41) is 18.5. The highest BCUT2D eigenvalue weighted by Gasteiger charge is 1.96. The second-order valence-corrected chi connectivity index (χ2v) is 3.21. The van der Waals surface area contributed by atoms with E-state index < -0.39 is 12.2 Å². The lowest BCUT2D eigenvalue weighted by molar-refractivity contribution is 0.208. The number of aliphatic hydroxyl groups is 2. The van der Waals surface area contributed by atoms with Crippen molar-refractivity contribution in [3.63, 3.8) is 0 Å². The minimum atomic E-state index is -0.421. The van der Waals surface area contributed by atoms with Crippen LogP contribution in [0.4, 0.5) is 0 Å². The van der Waals surface area contributed by atoms with Gasteiger partial charge in [-0.2, -0.15) is 0 Å². The molecule has 13 heavy (non-hydrogen) atoms. The predicted molar refractivity (Wildman–Crippen MR) is 54.5 cm³/mol. The highest BCUT2D eigenvalue weighted by molar-refractivity contribution is 4.93. The average molecular weight is 184 g/mol. The van der Waals surface area contributed by atoms with E-state index in [0.29, 0.717) is 0 Å². The van der Waals surface area contributed by atoms with Crippen LogP contribution in [0.3, 0.4) is 0 Å². The second kappa shape index (κ2) is 8.06. The molecule has 0 bridgehead atoms. The Hall–Kier alpha value is -0.560. The molecule has 0 aromatic heterocycles. The zero-order valence-electron chi connectivity index (χ0n) is 8.53. The predicted octanol–water partition coefficient (Wildman–Crippen LogP) is 2.02. The SMILES string of the molecule is CCC[C@H](O)C=C=C[C@@H](O)CCC. The van der Waals surface area contributed by atoms with Crippen molar-refractivity contribution >= 4 is 0 Å². The van der Waals surface area contributed by atoms with E-state index >= 15 is 0 Å². The van der Waals surface area contributed by atoms with Gasteiger partial charge in [0.05, 0.1) is 12.2 Å². The normalized spacial score (nSPS) is 14.5. The first-order valence-electron chi connectivity index (χ1n) is 4.99. The van der Waals surface area contributed by atoms with Crippen molar-refractivity contribution in [2.45, 2.75) is 51.7 Å². The molecule has 0 unspecified atom stereocenters. The number of aliphatic hydroxyl groups excluding tert-OH is 2. The van der Waals surface area contributed by atoms with Crippen LogP contribution in [0.15, 0.2) is 17.9 Å². The smallest absolute Gasteiger partial charge is 0.0794 e. The Kier molecular flexibility index (Phi) is 7.71. The van der Waals surface area contributed by atoms with Crippen molar-refractivity contribution in [2.24, 2.45) is 0 Å². The minimum Gasteiger partial charge on any atom is -0.388 e. The maximum absolute atomic E-state index is 9.27. The van der Waals surface area contributed by atoms with Crippen LogP contribution >= 0.6 is 0 Å². The van der Waals surface area contributed by atoms with Gasteiger partial charge in [-0.15, -0.1) is 5.73 Å². The fraction of sp³-hybridized carbons (Fsp3) is 0.727. The fourth-order valence-electron chi connectivity index (χ4n) is 1.04. The highest BCUT2D eigenvalue weighted by atomic mass is 16.3. The van der Waals surface area contributed by atoms with Gasteiger partial charge >= 0.3 is 0 Å². The Balaban J connectivity index is 3.79. The molecule has 0 aromatic carbocycles. The van der Waals surface area contributed by atoms with Crippen LogP contribution < -0.4 is 0 Å². The molecule has 2 atom stereocenters. The molecule has 0 heterocycles. The van der Waals surface area contributed by atoms with E-state index in [2.05, 4.69) is 5.73 Å². The minimum absolute atomic E-state index is 0.421. The molecule has 0 rings (SSSR count). The van der Waals surface area contributed by atoms with Crippen LogP contribution in [0, 0.1) is 0 Å². The molecule has 2 N–H and O–H groups in total. The molecule has 0 aliphatic heterocycles.